The van der Waals surface area contributed by atoms with Crippen LogP contribution >= 0.6 is 0 Å². The molecule has 1 aromatic heterocycles. The van der Waals surface area contributed by atoms with Crippen LogP contribution < -0.4 is 0 Å². The molecular formula is C24H30N4O4. The molecule has 8 heteroatoms. The largest absolute Gasteiger partial charge is 0.353 e. The molecule has 0 unspecified atom stereocenters. The van der Waals surface area contributed by atoms with Gasteiger partial charge in [0.1, 0.15) is 6.54 Å². The van der Waals surface area contributed by atoms with E-state index in [1.807, 2.05) is 48.7 Å². The average molecular weight is 439 g/mol. The molecule has 3 rings (SSSR count). The number of nitro benzene ring substituents is 1. The first kappa shape index (κ1) is 23.2. The summed E-state index contributed by atoms with van der Waals surface area (Å²) in [4.78, 5) is 39.9. The Morgan fingerprint density at radius 1 is 1.22 bits per heavy atom. The molecule has 170 valence electrons. The summed E-state index contributed by atoms with van der Waals surface area (Å²) in [6.07, 6.45) is 6.99. The fourth-order valence-electron chi connectivity index (χ4n) is 3.55. The second-order valence-corrected chi connectivity index (χ2v) is 8.66. The molecule has 0 atom stereocenters. The number of hydrogen-bond donors (Lipinski definition) is 0. The number of benzene rings is 1. The number of non-ortho nitro benzene ring substituents is 1. The van der Waals surface area contributed by atoms with E-state index in [0.29, 0.717) is 18.7 Å². The highest BCUT2D eigenvalue weighted by Gasteiger charge is 2.34. The number of aromatic nitrogens is 1. The topological polar surface area (TPSA) is 88.7 Å². The molecule has 2 amide bonds. The molecule has 1 heterocycles. The van der Waals surface area contributed by atoms with Gasteiger partial charge < -0.3 is 14.4 Å². The smallest absolute Gasteiger partial charge is 0.269 e. The number of rotatable bonds is 10. The van der Waals surface area contributed by atoms with Crippen LogP contribution in [-0.2, 0) is 23.2 Å². The standard InChI is InChI=1S/C24H30N4O4/c1-18(2)15-26(23(29)13-8-19-6-9-21(10-7-19)28(31)32)17-24(30)27(20-11-12-20)16-22-5-4-14-25(22)3/h4-10,13-14,18,20H,11-12,15-17H2,1-3H3. The van der Waals surface area contributed by atoms with E-state index in [4.69, 9.17) is 0 Å². The van der Waals surface area contributed by atoms with Gasteiger partial charge in [-0.1, -0.05) is 13.8 Å². The summed E-state index contributed by atoms with van der Waals surface area (Å²) in [5, 5.41) is 10.8. The third-order valence-electron chi connectivity index (χ3n) is 5.44. The summed E-state index contributed by atoms with van der Waals surface area (Å²) in [7, 11) is 1.96. The molecule has 2 aromatic rings. The Balaban J connectivity index is 1.69. The molecule has 0 spiro atoms. The zero-order valence-corrected chi connectivity index (χ0v) is 18.8. The van der Waals surface area contributed by atoms with Crippen LogP contribution in [0.4, 0.5) is 5.69 Å². The monoisotopic (exact) mass is 438 g/mol. The summed E-state index contributed by atoms with van der Waals surface area (Å²) in [6.45, 7) is 5.05. The fraction of sp³-hybridized carbons (Fsp3) is 0.417. The zero-order chi connectivity index (χ0) is 23.3. The van der Waals surface area contributed by atoms with Gasteiger partial charge in [-0.3, -0.25) is 19.7 Å². The molecule has 1 saturated carbocycles. The van der Waals surface area contributed by atoms with E-state index in [1.165, 1.54) is 18.2 Å². The van der Waals surface area contributed by atoms with Gasteiger partial charge in [-0.2, -0.15) is 0 Å². The maximum Gasteiger partial charge on any atom is 0.269 e. The van der Waals surface area contributed by atoms with Crippen molar-refractivity contribution in [1.29, 1.82) is 0 Å². The van der Waals surface area contributed by atoms with Crippen molar-refractivity contribution >= 4 is 23.6 Å². The van der Waals surface area contributed by atoms with Crippen LogP contribution in [0.15, 0.2) is 48.7 Å². The van der Waals surface area contributed by atoms with Crippen molar-refractivity contribution in [3.8, 4) is 0 Å². The van der Waals surface area contributed by atoms with Crippen molar-refractivity contribution in [2.75, 3.05) is 13.1 Å². The lowest BCUT2D eigenvalue weighted by molar-refractivity contribution is -0.384. The minimum Gasteiger partial charge on any atom is -0.353 e. The third kappa shape index (κ3) is 6.29. The quantitative estimate of drug-likeness (QED) is 0.322. The van der Waals surface area contributed by atoms with Crippen LogP contribution in [0, 0.1) is 16.0 Å². The molecule has 1 aliphatic carbocycles. The minimum atomic E-state index is -0.463. The Kier molecular flexibility index (Phi) is 7.45. The first-order valence-corrected chi connectivity index (χ1v) is 10.9. The highest BCUT2D eigenvalue weighted by molar-refractivity contribution is 5.94. The lowest BCUT2D eigenvalue weighted by Crippen LogP contribution is -2.44. The summed E-state index contributed by atoms with van der Waals surface area (Å²) < 4.78 is 2.01. The van der Waals surface area contributed by atoms with E-state index in [9.17, 15) is 19.7 Å². The molecule has 1 aliphatic rings. The van der Waals surface area contributed by atoms with E-state index in [0.717, 1.165) is 18.5 Å². The van der Waals surface area contributed by atoms with E-state index in [2.05, 4.69) is 0 Å². The second-order valence-electron chi connectivity index (χ2n) is 8.66. The average Bonchev–Trinajstić information content (AvgIpc) is 3.51. The second kappa shape index (κ2) is 10.3. The van der Waals surface area contributed by atoms with Crippen LogP contribution in [0.25, 0.3) is 6.08 Å². The highest BCUT2D eigenvalue weighted by Crippen LogP contribution is 2.28. The normalized spacial score (nSPS) is 13.5. The Labute approximate surface area is 188 Å². The Morgan fingerprint density at radius 2 is 1.91 bits per heavy atom. The SMILES string of the molecule is CC(C)CN(CC(=O)N(Cc1cccn1C)C1CC1)C(=O)C=Cc1ccc([N+](=O)[O-])cc1. The number of hydrogen-bond acceptors (Lipinski definition) is 4. The number of nitrogens with zero attached hydrogens (tertiary/aromatic N) is 4. The molecule has 8 nitrogen and oxygen atoms in total. The number of carbonyl (C=O) groups is 2. The molecule has 0 aliphatic heterocycles. The van der Waals surface area contributed by atoms with Gasteiger partial charge in [0.15, 0.2) is 0 Å². The van der Waals surface area contributed by atoms with Crippen LogP contribution in [0.3, 0.4) is 0 Å². The van der Waals surface area contributed by atoms with Gasteiger partial charge in [-0.05, 0) is 54.7 Å². The van der Waals surface area contributed by atoms with Crippen molar-refractivity contribution in [2.45, 2.75) is 39.3 Å². The van der Waals surface area contributed by atoms with Crippen molar-refractivity contribution in [2.24, 2.45) is 13.0 Å². The molecule has 0 N–H and O–H groups in total. The summed E-state index contributed by atoms with van der Waals surface area (Å²) >= 11 is 0. The number of amides is 2. The lowest BCUT2D eigenvalue weighted by atomic mass is 10.1. The van der Waals surface area contributed by atoms with Gasteiger partial charge in [0.05, 0.1) is 11.5 Å². The highest BCUT2D eigenvalue weighted by atomic mass is 16.6. The van der Waals surface area contributed by atoms with Gasteiger partial charge in [-0.15, -0.1) is 0 Å². The molecule has 1 fully saturated rings. The molecule has 0 bridgehead atoms. The summed E-state index contributed by atoms with van der Waals surface area (Å²) in [5.41, 5.74) is 1.74. The van der Waals surface area contributed by atoms with E-state index in [1.54, 1.807) is 23.1 Å². The van der Waals surface area contributed by atoms with Crippen molar-refractivity contribution in [3.05, 3.63) is 70.0 Å². The van der Waals surface area contributed by atoms with Crippen LogP contribution in [0.5, 0.6) is 0 Å². The molecular weight excluding hydrogens is 408 g/mol. The molecule has 1 aromatic carbocycles. The first-order chi connectivity index (χ1) is 15.2. The van der Waals surface area contributed by atoms with Crippen molar-refractivity contribution in [1.82, 2.24) is 14.4 Å². The fourth-order valence-corrected chi connectivity index (χ4v) is 3.55. The maximum absolute atomic E-state index is 13.2. The molecule has 32 heavy (non-hydrogen) atoms. The number of aryl methyl sites for hydroxylation is 1. The van der Waals surface area contributed by atoms with Gasteiger partial charge in [-0.25, -0.2) is 0 Å². The van der Waals surface area contributed by atoms with E-state index in [-0.39, 0.29) is 36.0 Å². The Bertz CT molecular complexity index is 990. The van der Waals surface area contributed by atoms with Crippen LogP contribution in [-0.4, -0.2) is 50.2 Å². The van der Waals surface area contributed by atoms with E-state index >= 15 is 0 Å². The van der Waals surface area contributed by atoms with Gasteiger partial charge in [0, 0.05) is 49.7 Å². The van der Waals surface area contributed by atoms with Crippen molar-refractivity contribution < 1.29 is 14.5 Å². The summed E-state index contributed by atoms with van der Waals surface area (Å²) in [6, 6.07) is 10.2. The van der Waals surface area contributed by atoms with Gasteiger partial charge in [0.25, 0.3) is 5.69 Å². The van der Waals surface area contributed by atoms with Gasteiger partial charge in [0.2, 0.25) is 11.8 Å². The third-order valence-corrected chi connectivity index (χ3v) is 5.44. The lowest BCUT2D eigenvalue weighted by Gasteiger charge is -2.28. The molecule has 0 radical (unpaired) electrons. The Hall–Kier alpha value is -3.42. The maximum atomic E-state index is 13.2. The minimum absolute atomic E-state index is 0.00102. The van der Waals surface area contributed by atoms with Crippen molar-refractivity contribution in [3.63, 3.8) is 0 Å². The zero-order valence-electron chi connectivity index (χ0n) is 18.8. The summed E-state index contributed by atoms with van der Waals surface area (Å²) in [5.74, 6) is -0.0896. The Morgan fingerprint density at radius 3 is 2.44 bits per heavy atom. The number of carbonyl (C=O) groups excluding carboxylic acids is 2. The first-order valence-electron chi connectivity index (χ1n) is 10.9. The van der Waals surface area contributed by atoms with Crippen LogP contribution in [0.2, 0.25) is 0 Å². The van der Waals surface area contributed by atoms with Gasteiger partial charge >= 0.3 is 0 Å². The predicted molar refractivity (Wildman–Crippen MR) is 123 cm³/mol. The number of nitro groups is 1. The van der Waals surface area contributed by atoms with E-state index < -0.39 is 4.92 Å². The molecule has 0 saturated heterocycles. The van der Waals surface area contributed by atoms with Crippen LogP contribution in [0.1, 0.15) is 37.9 Å². The predicted octanol–water partition coefficient (Wildman–Crippen LogP) is 3.62.